The lowest BCUT2D eigenvalue weighted by Crippen LogP contribution is -1.95. The molecule has 2 nitrogen and oxygen atoms in total. The van der Waals surface area contributed by atoms with Gasteiger partial charge in [-0.2, -0.15) is 0 Å². The standard InChI is InChI=1S/C72H42N2S2/c1-3-17-51-44(13-1)15-11-23-59(51)73-61-35-31-47(41-57(61)69-63(73)37-39-67-71(69)55-21-7-9-25-65(55)75-67)43-27-29-46(30-28-43)49-33-34-50(54-20-6-5-19-53(49)54)48-32-36-62-58(42-48)70-64(38-40-68-72(70)56-22-8-10-26-66(56)76-68)74(62)60-24-12-16-45-14-2-4-18-52(45)60/h1-42H. The Morgan fingerprint density at radius 3 is 1.16 bits per heavy atom. The van der Waals surface area contributed by atoms with Gasteiger partial charge in [0.25, 0.3) is 0 Å². The molecule has 0 spiro atoms. The Hall–Kier alpha value is -9.32. The first kappa shape index (κ1) is 42.1. The molecule has 0 fully saturated rings. The van der Waals surface area contributed by atoms with Gasteiger partial charge >= 0.3 is 0 Å². The molecule has 4 aromatic heterocycles. The molecular formula is C72H42N2S2. The van der Waals surface area contributed by atoms with Crippen molar-refractivity contribution in [2.75, 3.05) is 0 Å². The van der Waals surface area contributed by atoms with Gasteiger partial charge in [-0.05, 0) is 128 Å². The number of rotatable bonds is 5. The van der Waals surface area contributed by atoms with Crippen LogP contribution in [0, 0.1) is 0 Å². The molecule has 0 aliphatic rings. The molecule has 0 saturated carbocycles. The molecule has 13 aromatic carbocycles. The monoisotopic (exact) mass is 998 g/mol. The minimum absolute atomic E-state index is 1.20. The van der Waals surface area contributed by atoms with Crippen LogP contribution in [0.4, 0.5) is 0 Å². The molecule has 0 amide bonds. The molecule has 4 heterocycles. The second-order valence-electron chi connectivity index (χ2n) is 20.3. The van der Waals surface area contributed by atoms with Crippen LogP contribution in [0.25, 0.3) is 161 Å². The Morgan fingerprint density at radius 2 is 0.618 bits per heavy atom. The predicted octanol–water partition coefficient (Wildman–Crippen LogP) is 21.1. The predicted molar refractivity (Wildman–Crippen MR) is 330 cm³/mol. The molecule has 0 unspecified atom stereocenters. The number of nitrogens with zero attached hydrogens (tertiary/aromatic N) is 2. The van der Waals surface area contributed by atoms with E-state index in [1.54, 1.807) is 0 Å². The average molecular weight is 999 g/mol. The van der Waals surface area contributed by atoms with Gasteiger partial charge in [-0.1, -0.05) is 182 Å². The van der Waals surface area contributed by atoms with Gasteiger partial charge in [0.15, 0.2) is 0 Å². The molecule has 4 heteroatoms. The fraction of sp³-hybridized carbons (Fsp3) is 0. The van der Waals surface area contributed by atoms with E-state index >= 15 is 0 Å². The van der Waals surface area contributed by atoms with Crippen molar-refractivity contribution in [1.82, 2.24) is 9.13 Å². The van der Waals surface area contributed by atoms with E-state index in [1.165, 1.54) is 161 Å². The van der Waals surface area contributed by atoms with Crippen molar-refractivity contribution in [2.24, 2.45) is 0 Å². The van der Waals surface area contributed by atoms with Gasteiger partial charge in [0.1, 0.15) is 0 Å². The second-order valence-corrected chi connectivity index (χ2v) is 22.4. The van der Waals surface area contributed by atoms with E-state index < -0.39 is 0 Å². The number of hydrogen-bond donors (Lipinski definition) is 0. The summed E-state index contributed by atoms with van der Waals surface area (Å²) in [6.07, 6.45) is 0. The highest BCUT2D eigenvalue weighted by Crippen LogP contribution is 2.48. The topological polar surface area (TPSA) is 9.86 Å². The minimum atomic E-state index is 1.20. The molecule has 0 bridgehead atoms. The normalized spacial score (nSPS) is 12.2. The van der Waals surface area contributed by atoms with Crippen LogP contribution in [0.15, 0.2) is 255 Å². The van der Waals surface area contributed by atoms with E-state index in [-0.39, 0.29) is 0 Å². The van der Waals surface area contributed by atoms with Gasteiger partial charge in [-0.3, -0.25) is 0 Å². The first-order valence-corrected chi connectivity index (χ1v) is 27.7. The summed E-state index contributed by atoms with van der Waals surface area (Å²) in [5.41, 5.74) is 14.6. The number of hydrogen-bond acceptors (Lipinski definition) is 2. The zero-order valence-electron chi connectivity index (χ0n) is 41.0. The van der Waals surface area contributed by atoms with Crippen molar-refractivity contribution in [2.45, 2.75) is 0 Å². The second kappa shape index (κ2) is 16.1. The van der Waals surface area contributed by atoms with Crippen LogP contribution < -0.4 is 0 Å². The lowest BCUT2D eigenvalue weighted by molar-refractivity contribution is 1.20. The van der Waals surface area contributed by atoms with Crippen molar-refractivity contribution in [1.29, 1.82) is 0 Å². The highest BCUT2D eigenvalue weighted by molar-refractivity contribution is 7.26. The van der Waals surface area contributed by atoms with Crippen LogP contribution in [-0.2, 0) is 0 Å². The number of thiophene rings is 2. The fourth-order valence-corrected chi connectivity index (χ4v) is 15.2. The van der Waals surface area contributed by atoms with Crippen LogP contribution >= 0.6 is 22.7 Å². The van der Waals surface area contributed by atoms with E-state index in [1.807, 2.05) is 22.7 Å². The molecule has 0 N–H and O–H groups in total. The zero-order chi connectivity index (χ0) is 49.6. The largest absolute Gasteiger partial charge is 0.309 e. The SMILES string of the molecule is c1ccc2c(-n3c4ccc(-c5ccc(-c6ccc(-c7ccc8c(c7)c7c9c(ccc7n8-c7cccc8ccccc78)sc7ccccc79)c7ccccc67)cc5)cc4c4c5c(ccc43)sc3ccccc35)cccc2c1. The number of benzene rings is 13. The number of aromatic nitrogens is 2. The van der Waals surface area contributed by atoms with Gasteiger partial charge in [0.2, 0.25) is 0 Å². The lowest BCUT2D eigenvalue weighted by atomic mass is 9.91. The van der Waals surface area contributed by atoms with Gasteiger partial charge in [0.05, 0.1) is 33.4 Å². The summed E-state index contributed by atoms with van der Waals surface area (Å²) in [7, 11) is 0. The molecule has 0 atom stereocenters. The highest BCUT2D eigenvalue weighted by atomic mass is 32.1. The Labute approximate surface area is 444 Å². The first-order chi connectivity index (χ1) is 37.7. The molecule has 0 radical (unpaired) electrons. The molecule has 352 valence electrons. The summed E-state index contributed by atoms with van der Waals surface area (Å²) in [4.78, 5) is 0. The zero-order valence-corrected chi connectivity index (χ0v) is 42.6. The first-order valence-electron chi connectivity index (χ1n) is 26.1. The average Bonchev–Trinajstić information content (AvgIpc) is 4.24. The highest BCUT2D eigenvalue weighted by Gasteiger charge is 2.22. The van der Waals surface area contributed by atoms with E-state index in [4.69, 9.17) is 0 Å². The van der Waals surface area contributed by atoms with E-state index in [9.17, 15) is 0 Å². The van der Waals surface area contributed by atoms with E-state index in [0.717, 1.165) is 0 Å². The summed E-state index contributed by atoms with van der Waals surface area (Å²) in [5.74, 6) is 0. The third-order valence-electron chi connectivity index (χ3n) is 16.3. The maximum absolute atomic E-state index is 2.50. The van der Waals surface area contributed by atoms with Crippen LogP contribution in [0.1, 0.15) is 0 Å². The third-order valence-corrected chi connectivity index (χ3v) is 18.6. The van der Waals surface area contributed by atoms with Crippen LogP contribution in [-0.4, -0.2) is 9.13 Å². The minimum Gasteiger partial charge on any atom is -0.309 e. The van der Waals surface area contributed by atoms with Crippen molar-refractivity contribution >= 4 is 139 Å². The summed E-state index contributed by atoms with van der Waals surface area (Å²) >= 11 is 3.77. The molecule has 0 aliphatic carbocycles. The van der Waals surface area contributed by atoms with Crippen LogP contribution in [0.3, 0.4) is 0 Å². The number of fused-ring (bicyclic) bond motifs is 17. The molecule has 17 rings (SSSR count). The maximum Gasteiger partial charge on any atom is 0.0548 e. The molecule has 76 heavy (non-hydrogen) atoms. The van der Waals surface area contributed by atoms with Crippen molar-refractivity contribution in [3.63, 3.8) is 0 Å². The molecule has 0 saturated heterocycles. The summed E-state index contributed by atoms with van der Waals surface area (Å²) in [5, 5.41) is 17.9. The quantitative estimate of drug-likeness (QED) is 0.163. The Bertz CT molecular complexity index is 5280. The van der Waals surface area contributed by atoms with Crippen LogP contribution in [0.5, 0.6) is 0 Å². The summed E-state index contributed by atoms with van der Waals surface area (Å²) in [6, 6.07) is 95.2. The van der Waals surface area contributed by atoms with E-state index in [0.29, 0.717) is 0 Å². The van der Waals surface area contributed by atoms with Gasteiger partial charge < -0.3 is 9.13 Å². The third kappa shape index (κ3) is 6.02. The van der Waals surface area contributed by atoms with Gasteiger partial charge in [0, 0.05) is 72.7 Å². The van der Waals surface area contributed by atoms with Crippen molar-refractivity contribution in [3.05, 3.63) is 255 Å². The maximum atomic E-state index is 2.50. The molecule has 0 aliphatic heterocycles. The lowest BCUT2D eigenvalue weighted by Gasteiger charge is -2.14. The Morgan fingerprint density at radius 1 is 0.224 bits per heavy atom. The van der Waals surface area contributed by atoms with Gasteiger partial charge in [-0.15, -0.1) is 22.7 Å². The van der Waals surface area contributed by atoms with Gasteiger partial charge in [-0.25, -0.2) is 0 Å². The smallest absolute Gasteiger partial charge is 0.0548 e. The molecular weight excluding hydrogens is 957 g/mol. The van der Waals surface area contributed by atoms with Crippen LogP contribution in [0.2, 0.25) is 0 Å². The fourth-order valence-electron chi connectivity index (χ4n) is 13.0. The van der Waals surface area contributed by atoms with Crippen molar-refractivity contribution < 1.29 is 0 Å². The summed E-state index contributed by atoms with van der Waals surface area (Å²) < 4.78 is 10.3. The van der Waals surface area contributed by atoms with E-state index in [2.05, 4.69) is 264 Å². The Kier molecular flexibility index (Phi) is 8.91. The van der Waals surface area contributed by atoms with Crippen molar-refractivity contribution in [3.8, 4) is 44.8 Å². The summed E-state index contributed by atoms with van der Waals surface area (Å²) in [6.45, 7) is 0. The Balaban J connectivity index is 0.808. The molecule has 17 aromatic rings.